The first-order valence-corrected chi connectivity index (χ1v) is 14.9. The van der Waals surface area contributed by atoms with Gasteiger partial charge in [0.15, 0.2) is 0 Å². The van der Waals surface area contributed by atoms with E-state index in [4.69, 9.17) is 4.74 Å². The van der Waals surface area contributed by atoms with Gasteiger partial charge < -0.3 is 19.9 Å². The van der Waals surface area contributed by atoms with Crippen LogP contribution in [0.5, 0.6) is 5.75 Å². The molecule has 1 amide bonds. The first-order valence-electron chi connectivity index (χ1n) is 14.9. The highest BCUT2D eigenvalue weighted by Crippen LogP contribution is 2.31. The molecule has 2 aromatic heterocycles. The number of aromatic nitrogens is 3. The van der Waals surface area contributed by atoms with Crippen LogP contribution in [-0.4, -0.2) is 64.6 Å². The zero-order chi connectivity index (χ0) is 29.6. The number of benzene rings is 2. The van der Waals surface area contributed by atoms with E-state index in [-0.39, 0.29) is 5.91 Å². The van der Waals surface area contributed by atoms with Gasteiger partial charge >= 0.3 is 0 Å². The number of pyridine rings is 1. The number of rotatable bonds is 10. The molecule has 0 radical (unpaired) electrons. The minimum Gasteiger partial charge on any atom is -0.497 e. The summed E-state index contributed by atoms with van der Waals surface area (Å²) < 4.78 is 5.43. The minimum atomic E-state index is -0.0910. The van der Waals surface area contributed by atoms with Crippen molar-refractivity contribution in [2.45, 2.75) is 65.6 Å². The van der Waals surface area contributed by atoms with Crippen molar-refractivity contribution in [3.8, 4) is 5.75 Å². The molecule has 1 atom stereocenters. The molecule has 0 saturated carbocycles. The van der Waals surface area contributed by atoms with Crippen LogP contribution in [0.1, 0.15) is 59.1 Å². The molecule has 8 heteroatoms. The van der Waals surface area contributed by atoms with Crippen molar-refractivity contribution in [3.05, 3.63) is 89.3 Å². The van der Waals surface area contributed by atoms with Crippen molar-refractivity contribution in [1.29, 1.82) is 0 Å². The summed E-state index contributed by atoms with van der Waals surface area (Å²) in [6.07, 6.45) is 8.43. The number of likely N-dealkylation sites (tertiary alicyclic amines) is 1. The van der Waals surface area contributed by atoms with Gasteiger partial charge in [0.1, 0.15) is 12.1 Å². The number of hydrogen-bond donors (Lipinski definition) is 1. The lowest BCUT2D eigenvalue weighted by atomic mass is 9.98. The predicted molar refractivity (Wildman–Crippen MR) is 168 cm³/mol. The molecule has 1 aliphatic heterocycles. The maximum absolute atomic E-state index is 12.8. The molecule has 0 bridgehead atoms. The van der Waals surface area contributed by atoms with E-state index in [0.717, 1.165) is 44.6 Å². The average Bonchev–Trinajstić information content (AvgIpc) is 3.00. The Morgan fingerprint density at radius 3 is 2.48 bits per heavy atom. The van der Waals surface area contributed by atoms with Crippen LogP contribution in [0.4, 0.5) is 5.69 Å². The summed E-state index contributed by atoms with van der Waals surface area (Å²) in [6.45, 7) is 11.6. The van der Waals surface area contributed by atoms with Gasteiger partial charge in [0.05, 0.1) is 24.1 Å². The molecule has 5 rings (SSSR count). The Labute approximate surface area is 249 Å². The maximum Gasteiger partial charge on any atom is 0.254 e. The second-order valence-electron chi connectivity index (χ2n) is 11.4. The van der Waals surface area contributed by atoms with Crippen LogP contribution in [0.25, 0.3) is 10.8 Å². The first-order chi connectivity index (χ1) is 20.3. The quantitative estimate of drug-likeness (QED) is 0.266. The zero-order valence-corrected chi connectivity index (χ0v) is 25.4. The number of carbonyl (C=O) groups excluding carboxylic acids is 1. The molecule has 220 valence electrons. The van der Waals surface area contributed by atoms with Crippen LogP contribution in [0.3, 0.4) is 0 Å². The number of carbonyl (C=O) groups is 1. The Morgan fingerprint density at radius 1 is 1.05 bits per heavy atom. The van der Waals surface area contributed by atoms with E-state index in [1.165, 1.54) is 33.9 Å². The summed E-state index contributed by atoms with van der Waals surface area (Å²) in [7, 11) is 1.71. The smallest absolute Gasteiger partial charge is 0.254 e. The predicted octanol–water partition coefficient (Wildman–Crippen LogP) is 5.64. The molecule has 8 nitrogen and oxygen atoms in total. The first kappa shape index (κ1) is 29.5. The normalized spacial score (nSPS) is 15.0. The number of methoxy groups -OCH3 is 1. The van der Waals surface area contributed by atoms with E-state index in [9.17, 15) is 4.79 Å². The summed E-state index contributed by atoms with van der Waals surface area (Å²) in [6, 6.07) is 15.9. The van der Waals surface area contributed by atoms with Crippen LogP contribution in [0.15, 0.2) is 61.2 Å². The van der Waals surface area contributed by atoms with E-state index in [1.807, 2.05) is 32.3 Å². The lowest BCUT2D eigenvalue weighted by molar-refractivity contribution is 0.0943. The van der Waals surface area contributed by atoms with E-state index in [1.54, 1.807) is 7.11 Å². The van der Waals surface area contributed by atoms with Gasteiger partial charge in [-0.25, -0.2) is 9.97 Å². The van der Waals surface area contributed by atoms with Gasteiger partial charge in [-0.2, -0.15) is 0 Å². The fraction of sp³-hybridized carbons (Fsp3) is 0.412. The molecule has 0 aliphatic carbocycles. The number of ether oxygens (including phenoxy) is 1. The third kappa shape index (κ3) is 6.71. The number of amides is 1. The van der Waals surface area contributed by atoms with Gasteiger partial charge in [-0.3, -0.25) is 9.78 Å². The molecule has 1 saturated heterocycles. The lowest BCUT2D eigenvalue weighted by Crippen LogP contribution is -2.48. The Morgan fingerprint density at radius 2 is 1.76 bits per heavy atom. The largest absolute Gasteiger partial charge is 0.497 e. The maximum atomic E-state index is 12.8. The third-order valence-electron chi connectivity index (χ3n) is 8.72. The summed E-state index contributed by atoms with van der Waals surface area (Å²) in [5.74, 6) is 0.783. The van der Waals surface area contributed by atoms with Gasteiger partial charge in [-0.1, -0.05) is 12.1 Å². The lowest BCUT2D eigenvalue weighted by Gasteiger charge is -2.42. The molecule has 2 aromatic carbocycles. The number of piperidine rings is 1. The van der Waals surface area contributed by atoms with E-state index in [2.05, 4.69) is 80.3 Å². The number of nitrogens with one attached hydrogen (secondary N) is 1. The molecule has 1 N–H and O–H groups in total. The molecule has 42 heavy (non-hydrogen) atoms. The molecule has 1 fully saturated rings. The summed E-state index contributed by atoms with van der Waals surface area (Å²) in [4.78, 5) is 30.7. The standard InChI is InChI=1S/C34H42N6O2/c1-23-10-14-35-20-29(23)21-40(31-8-6-28-19-32(42-5)9-7-27(28)18-31)30-12-16-39(17-13-30)24(2)11-15-36-34(41)33-25(3)37-22-38-26(33)4/h6-10,14,18-20,22,24,30H,11-13,15-17,21H2,1-5H3,(H,36,41). The van der Waals surface area contributed by atoms with E-state index in [0.29, 0.717) is 35.6 Å². The van der Waals surface area contributed by atoms with Crippen molar-refractivity contribution < 1.29 is 9.53 Å². The average molecular weight is 567 g/mol. The summed E-state index contributed by atoms with van der Waals surface area (Å²) >= 11 is 0. The van der Waals surface area contributed by atoms with Crippen LogP contribution in [-0.2, 0) is 6.54 Å². The summed E-state index contributed by atoms with van der Waals surface area (Å²) in [5, 5.41) is 5.47. The number of aryl methyl sites for hydroxylation is 3. The van der Waals surface area contributed by atoms with Gasteiger partial charge in [-0.05, 0) is 99.2 Å². The number of nitrogens with zero attached hydrogens (tertiary/aromatic N) is 5. The minimum absolute atomic E-state index is 0.0910. The van der Waals surface area contributed by atoms with Crippen LogP contribution < -0.4 is 15.0 Å². The van der Waals surface area contributed by atoms with Gasteiger partial charge in [0.2, 0.25) is 0 Å². The third-order valence-corrected chi connectivity index (χ3v) is 8.72. The number of hydrogen-bond acceptors (Lipinski definition) is 7. The number of anilines is 1. The van der Waals surface area contributed by atoms with Crippen LogP contribution in [0, 0.1) is 20.8 Å². The Hall–Kier alpha value is -4.04. The van der Waals surface area contributed by atoms with Gasteiger partial charge in [0.25, 0.3) is 5.91 Å². The van der Waals surface area contributed by atoms with Crippen molar-refractivity contribution in [3.63, 3.8) is 0 Å². The molecule has 4 aromatic rings. The Kier molecular flexibility index (Phi) is 9.32. The van der Waals surface area contributed by atoms with E-state index < -0.39 is 0 Å². The second-order valence-corrected chi connectivity index (χ2v) is 11.4. The van der Waals surface area contributed by atoms with Crippen molar-refractivity contribution >= 4 is 22.4 Å². The fourth-order valence-corrected chi connectivity index (χ4v) is 6.02. The summed E-state index contributed by atoms with van der Waals surface area (Å²) in [5.41, 5.74) is 5.78. The Balaban J connectivity index is 1.24. The highest BCUT2D eigenvalue weighted by molar-refractivity contribution is 5.96. The van der Waals surface area contributed by atoms with Crippen molar-refractivity contribution in [2.75, 3.05) is 31.6 Å². The zero-order valence-electron chi connectivity index (χ0n) is 25.4. The molecular weight excluding hydrogens is 524 g/mol. The SMILES string of the molecule is COc1ccc2cc(N(Cc3cnccc3C)C3CCN(C(C)CCNC(=O)c4c(C)ncnc4C)CC3)ccc2c1. The number of fused-ring (bicyclic) bond motifs is 1. The van der Waals surface area contributed by atoms with Gasteiger partial charge in [0, 0.05) is 56.3 Å². The van der Waals surface area contributed by atoms with Crippen molar-refractivity contribution in [2.24, 2.45) is 0 Å². The van der Waals surface area contributed by atoms with Crippen molar-refractivity contribution in [1.82, 2.24) is 25.2 Å². The van der Waals surface area contributed by atoms with Crippen LogP contribution >= 0.6 is 0 Å². The fourth-order valence-electron chi connectivity index (χ4n) is 6.02. The molecular formula is C34H42N6O2. The molecule has 0 spiro atoms. The van der Waals surface area contributed by atoms with Crippen LogP contribution in [0.2, 0.25) is 0 Å². The van der Waals surface area contributed by atoms with Gasteiger partial charge in [-0.15, -0.1) is 0 Å². The van der Waals surface area contributed by atoms with E-state index >= 15 is 0 Å². The highest BCUT2D eigenvalue weighted by Gasteiger charge is 2.28. The highest BCUT2D eigenvalue weighted by atomic mass is 16.5. The second kappa shape index (κ2) is 13.3. The molecule has 1 unspecified atom stereocenters. The molecule has 1 aliphatic rings. The monoisotopic (exact) mass is 566 g/mol. The Bertz CT molecular complexity index is 1510. The topological polar surface area (TPSA) is 83.5 Å². The molecule has 3 heterocycles.